The van der Waals surface area contributed by atoms with Gasteiger partial charge in [-0.2, -0.15) is 13.2 Å². The summed E-state index contributed by atoms with van der Waals surface area (Å²) in [6, 6.07) is 3.59. The monoisotopic (exact) mass is 308 g/mol. The molecule has 0 aliphatic rings. The van der Waals surface area contributed by atoms with Crippen molar-refractivity contribution in [2.24, 2.45) is 5.73 Å². The molecule has 112 valence electrons. The lowest BCUT2D eigenvalue weighted by Gasteiger charge is -2.27. The predicted octanol–water partition coefficient (Wildman–Crippen LogP) is 3.23. The van der Waals surface area contributed by atoms with E-state index in [0.717, 1.165) is 11.0 Å². The first kappa shape index (κ1) is 16.8. The van der Waals surface area contributed by atoms with Crippen LogP contribution in [0, 0.1) is 5.82 Å². The van der Waals surface area contributed by atoms with E-state index in [4.69, 9.17) is 18.0 Å². The molecule has 0 spiro atoms. The Kier molecular flexibility index (Phi) is 5.47. The lowest BCUT2D eigenvalue weighted by molar-refractivity contribution is -0.151. The van der Waals surface area contributed by atoms with Crippen molar-refractivity contribution in [2.45, 2.75) is 32.6 Å². The number of nitrogens with zero attached hydrogens (tertiary/aromatic N) is 1. The van der Waals surface area contributed by atoms with Crippen LogP contribution >= 0.6 is 12.2 Å². The Morgan fingerprint density at radius 3 is 2.40 bits per heavy atom. The Balaban J connectivity index is 2.99. The number of halogens is 4. The van der Waals surface area contributed by atoms with E-state index >= 15 is 0 Å². The maximum Gasteiger partial charge on any atom is 0.401 e. The third-order valence-electron chi connectivity index (χ3n) is 2.82. The van der Waals surface area contributed by atoms with Gasteiger partial charge in [-0.05, 0) is 32.0 Å². The summed E-state index contributed by atoms with van der Waals surface area (Å²) in [7, 11) is 0. The van der Waals surface area contributed by atoms with Crippen LogP contribution in [0.5, 0.6) is 0 Å². The van der Waals surface area contributed by atoms with Gasteiger partial charge in [-0.3, -0.25) is 4.90 Å². The van der Waals surface area contributed by atoms with Crippen LogP contribution in [0.4, 0.5) is 17.6 Å². The predicted molar refractivity (Wildman–Crippen MR) is 73.9 cm³/mol. The Morgan fingerprint density at radius 1 is 1.35 bits per heavy atom. The molecular weight excluding hydrogens is 292 g/mol. The second-order valence-electron chi connectivity index (χ2n) is 4.78. The molecule has 0 saturated heterocycles. The summed E-state index contributed by atoms with van der Waals surface area (Å²) in [5.74, 6) is -0.571. The van der Waals surface area contributed by atoms with Gasteiger partial charge in [0.2, 0.25) is 0 Å². The van der Waals surface area contributed by atoms with Gasteiger partial charge in [0.25, 0.3) is 0 Å². The van der Waals surface area contributed by atoms with Crippen LogP contribution < -0.4 is 5.73 Å². The van der Waals surface area contributed by atoms with Crippen molar-refractivity contribution in [3.8, 4) is 0 Å². The maximum absolute atomic E-state index is 13.7. The number of rotatable bonds is 5. The number of nitrogens with two attached hydrogens (primary N) is 1. The van der Waals surface area contributed by atoms with E-state index in [0.29, 0.717) is 5.56 Å². The van der Waals surface area contributed by atoms with Crippen LogP contribution in [0.2, 0.25) is 0 Å². The van der Waals surface area contributed by atoms with Crippen LogP contribution in [-0.2, 0) is 6.54 Å². The lowest BCUT2D eigenvalue weighted by Crippen LogP contribution is -2.38. The van der Waals surface area contributed by atoms with E-state index in [1.807, 2.05) is 0 Å². The fraction of sp³-hybridized carbons (Fsp3) is 0.462. The molecule has 1 aromatic carbocycles. The van der Waals surface area contributed by atoms with Crippen LogP contribution in [-0.4, -0.2) is 28.7 Å². The topological polar surface area (TPSA) is 29.3 Å². The van der Waals surface area contributed by atoms with Gasteiger partial charge in [0.05, 0.1) is 6.54 Å². The average molecular weight is 308 g/mol. The fourth-order valence-electron chi connectivity index (χ4n) is 1.72. The number of thiocarbonyl (C=S) groups is 1. The zero-order chi connectivity index (χ0) is 15.5. The summed E-state index contributed by atoms with van der Waals surface area (Å²) in [6.07, 6.45) is -4.33. The molecule has 0 amide bonds. The number of benzene rings is 1. The summed E-state index contributed by atoms with van der Waals surface area (Å²) < 4.78 is 51.2. The van der Waals surface area contributed by atoms with Crippen molar-refractivity contribution in [3.63, 3.8) is 0 Å². The van der Waals surface area contributed by atoms with E-state index in [2.05, 4.69) is 0 Å². The number of hydrogen-bond acceptors (Lipinski definition) is 2. The van der Waals surface area contributed by atoms with Crippen LogP contribution in [0.25, 0.3) is 0 Å². The van der Waals surface area contributed by atoms with Gasteiger partial charge in [0.1, 0.15) is 10.8 Å². The highest BCUT2D eigenvalue weighted by Crippen LogP contribution is 2.21. The Morgan fingerprint density at radius 2 is 1.95 bits per heavy atom. The molecule has 2 nitrogen and oxygen atoms in total. The third-order valence-corrected chi connectivity index (χ3v) is 3.05. The van der Waals surface area contributed by atoms with E-state index < -0.39 is 18.5 Å². The first-order valence-corrected chi connectivity index (χ1v) is 6.40. The molecule has 0 unspecified atom stereocenters. The quantitative estimate of drug-likeness (QED) is 0.669. The van der Waals surface area contributed by atoms with Gasteiger partial charge >= 0.3 is 6.18 Å². The summed E-state index contributed by atoms with van der Waals surface area (Å²) in [5.41, 5.74) is 6.02. The molecule has 0 aliphatic heterocycles. The molecule has 0 heterocycles. The van der Waals surface area contributed by atoms with Gasteiger partial charge < -0.3 is 5.73 Å². The minimum atomic E-state index is -4.33. The molecule has 2 N–H and O–H groups in total. The molecule has 0 radical (unpaired) electrons. The van der Waals surface area contributed by atoms with Gasteiger partial charge in [-0.15, -0.1) is 0 Å². The molecule has 0 atom stereocenters. The van der Waals surface area contributed by atoms with E-state index in [-0.39, 0.29) is 23.1 Å². The second-order valence-corrected chi connectivity index (χ2v) is 5.22. The van der Waals surface area contributed by atoms with Crippen molar-refractivity contribution in [2.75, 3.05) is 6.54 Å². The van der Waals surface area contributed by atoms with Crippen molar-refractivity contribution >= 4 is 17.2 Å². The third kappa shape index (κ3) is 5.05. The summed E-state index contributed by atoms with van der Waals surface area (Å²) in [6.45, 7) is 2.00. The lowest BCUT2D eigenvalue weighted by atomic mass is 10.1. The SMILES string of the molecule is CC(C)N(Cc1cc(C(N)=S)ccc1F)CC(F)(F)F. The van der Waals surface area contributed by atoms with Crippen LogP contribution in [0.3, 0.4) is 0 Å². The molecular formula is C13H16F4N2S. The van der Waals surface area contributed by atoms with Gasteiger partial charge in [-0.25, -0.2) is 4.39 Å². The van der Waals surface area contributed by atoms with Crippen molar-refractivity contribution in [3.05, 3.63) is 35.1 Å². The molecule has 0 aromatic heterocycles. The summed E-state index contributed by atoms with van der Waals surface area (Å²) in [5, 5.41) is 0. The Hall–Kier alpha value is -1.21. The molecule has 0 fully saturated rings. The zero-order valence-corrected chi connectivity index (χ0v) is 12.0. The first-order valence-electron chi connectivity index (χ1n) is 5.99. The molecule has 1 rings (SSSR count). The Labute approximate surface area is 120 Å². The van der Waals surface area contributed by atoms with Crippen molar-refractivity contribution in [1.82, 2.24) is 4.90 Å². The van der Waals surface area contributed by atoms with E-state index in [9.17, 15) is 17.6 Å². The number of hydrogen-bond donors (Lipinski definition) is 1. The molecule has 0 bridgehead atoms. The van der Waals surface area contributed by atoms with Gasteiger partial charge in [0, 0.05) is 23.7 Å². The van der Waals surface area contributed by atoms with Crippen LogP contribution in [0.1, 0.15) is 25.0 Å². The first-order chi connectivity index (χ1) is 9.10. The molecule has 0 aliphatic carbocycles. The average Bonchev–Trinajstić information content (AvgIpc) is 2.28. The highest BCUT2D eigenvalue weighted by molar-refractivity contribution is 7.80. The van der Waals surface area contributed by atoms with Gasteiger partial charge in [-0.1, -0.05) is 12.2 Å². The highest BCUT2D eigenvalue weighted by Gasteiger charge is 2.32. The fourth-order valence-corrected chi connectivity index (χ4v) is 1.85. The number of alkyl halides is 3. The maximum atomic E-state index is 13.7. The highest BCUT2D eigenvalue weighted by atomic mass is 32.1. The Bertz CT molecular complexity index is 486. The van der Waals surface area contributed by atoms with Crippen molar-refractivity contribution < 1.29 is 17.6 Å². The summed E-state index contributed by atoms with van der Waals surface area (Å²) in [4.78, 5) is 1.22. The largest absolute Gasteiger partial charge is 0.401 e. The molecule has 0 saturated carbocycles. The van der Waals surface area contributed by atoms with Crippen molar-refractivity contribution in [1.29, 1.82) is 0 Å². The standard InChI is InChI=1S/C13H16F4N2S/c1-8(2)19(7-13(15,16)17)6-10-5-9(12(18)20)3-4-11(10)14/h3-5,8H,6-7H2,1-2H3,(H2,18,20). The van der Waals surface area contributed by atoms with Crippen LogP contribution in [0.15, 0.2) is 18.2 Å². The smallest absolute Gasteiger partial charge is 0.389 e. The molecule has 7 heteroatoms. The zero-order valence-electron chi connectivity index (χ0n) is 11.2. The minimum Gasteiger partial charge on any atom is -0.389 e. The summed E-state index contributed by atoms with van der Waals surface area (Å²) >= 11 is 4.78. The van der Waals surface area contributed by atoms with E-state index in [1.54, 1.807) is 13.8 Å². The van der Waals surface area contributed by atoms with E-state index in [1.165, 1.54) is 12.1 Å². The van der Waals surface area contributed by atoms with Gasteiger partial charge in [0.15, 0.2) is 0 Å². The molecule has 1 aromatic rings. The second kappa shape index (κ2) is 6.49. The molecule has 20 heavy (non-hydrogen) atoms. The normalized spacial score (nSPS) is 12.2. The minimum absolute atomic E-state index is 0.0816.